The number of hydrogen-bond acceptors (Lipinski definition) is 6. The van der Waals surface area contributed by atoms with Crippen LogP contribution in [0.4, 0.5) is 0 Å². The molecule has 1 saturated heterocycles. The van der Waals surface area contributed by atoms with Gasteiger partial charge in [-0.2, -0.15) is 4.31 Å². The Morgan fingerprint density at radius 2 is 1.78 bits per heavy atom. The molecule has 0 radical (unpaired) electrons. The quantitative estimate of drug-likeness (QED) is 0.493. The van der Waals surface area contributed by atoms with Crippen LogP contribution >= 0.6 is 11.3 Å². The highest BCUT2D eigenvalue weighted by molar-refractivity contribution is 7.89. The zero-order valence-corrected chi connectivity index (χ0v) is 19.5. The molecule has 3 aromatic rings. The first-order valence-electron chi connectivity index (χ1n) is 10.6. The van der Waals surface area contributed by atoms with Crippen LogP contribution in [0.1, 0.15) is 35.1 Å². The summed E-state index contributed by atoms with van der Waals surface area (Å²) < 4.78 is 28.4. The van der Waals surface area contributed by atoms with Crippen LogP contribution in [0.2, 0.25) is 0 Å². The van der Waals surface area contributed by atoms with Gasteiger partial charge in [0.1, 0.15) is 0 Å². The molecule has 1 aliphatic heterocycles. The van der Waals surface area contributed by atoms with E-state index >= 15 is 0 Å². The average molecular weight is 472 g/mol. The molecule has 0 N–H and O–H groups in total. The number of benzene rings is 2. The molecule has 1 aliphatic rings. The van der Waals surface area contributed by atoms with Crippen LogP contribution in [0, 0.1) is 0 Å². The lowest BCUT2D eigenvalue weighted by atomic mass is 10.2. The van der Waals surface area contributed by atoms with Crippen molar-refractivity contribution in [1.82, 2.24) is 14.2 Å². The Balaban J connectivity index is 1.29. The number of hydrogen-bond donors (Lipinski definition) is 0. The van der Waals surface area contributed by atoms with Gasteiger partial charge < -0.3 is 4.90 Å². The number of carbonyl (C=O) groups is 2. The third kappa shape index (κ3) is 4.90. The van der Waals surface area contributed by atoms with Crippen molar-refractivity contribution in [2.24, 2.45) is 0 Å². The number of sulfonamides is 1. The monoisotopic (exact) mass is 471 g/mol. The SMILES string of the molecule is CC(=O)c1cccc(S(=O)(=O)N2CCN(C(=O)CCCc3nc4ccccc4s3)CC2)c1. The summed E-state index contributed by atoms with van der Waals surface area (Å²) in [5.74, 6) is -0.134. The molecule has 1 amide bonds. The van der Waals surface area contributed by atoms with Crippen LogP contribution in [-0.4, -0.2) is 60.5 Å². The summed E-state index contributed by atoms with van der Waals surface area (Å²) in [4.78, 5) is 30.6. The molecule has 0 aliphatic carbocycles. The third-order valence-corrected chi connectivity index (χ3v) is 8.58. The van der Waals surface area contributed by atoms with E-state index in [0.29, 0.717) is 25.1 Å². The smallest absolute Gasteiger partial charge is 0.243 e. The fourth-order valence-electron chi connectivity index (χ4n) is 3.78. The first-order chi connectivity index (χ1) is 15.3. The minimum atomic E-state index is -3.70. The van der Waals surface area contributed by atoms with Gasteiger partial charge in [-0.3, -0.25) is 9.59 Å². The Kier molecular flexibility index (Phi) is 6.68. The van der Waals surface area contributed by atoms with Crippen LogP contribution in [-0.2, 0) is 21.2 Å². The van der Waals surface area contributed by atoms with Gasteiger partial charge in [0.25, 0.3) is 0 Å². The fraction of sp³-hybridized carbons (Fsp3) is 0.348. The molecule has 9 heteroatoms. The minimum absolute atomic E-state index is 0.0433. The van der Waals surface area contributed by atoms with Gasteiger partial charge in [-0.25, -0.2) is 13.4 Å². The lowest BCUT2D eigenvalue weighted by Crippen LogP contribution is -2.50. The van der Waals surface area contributed by atoms with Crippen molar-refractivity contribution in [3.63, 3.8) is 0 Å². The van der Waals surface area contributed by atoms with Gasteiger partial charge in [0.2, 0.25) is 15.9 Å². The predicted octanol–water partition coefficient (Wildman–Crippen LogP) is 3.35. The summed E-state index contributed by atoms with van der Waals surface area (Å²) in [7, 11) is -3.70. The molecule has 0 saturated carbocycles. The minimum Gasteiger partial charge on any atom is -0.340 e. The van der Waals surface area contributed by atoms with Gasteiger partial charge in [0.05, 0.1) is 20.1 Å². The van der Waals surface area contributed by atoms with Crippen molar-refractivity contribution < 1.29 is 18.0 Å². The molecule has 4 rings (SSSR count). The number of thiazole rings is 1. The summed E-state index contributed by atoms with van der Waals surface area (Å²) in [5.41, 5.74) is 1.36. The highest BCUT2D eigenvalue weighted by Gasteiger charge is 2.30. The van der Waals surface area contributed by atoms with Crippen molar-refractivity contribution >= 4 is 43.3 Å². The van der Waals surface area contributed by atoms with Crippen molar-refractivity contribution in [3.8, 4) is 0 Å². The van der Waals surface area contributed by atoms with E-state index in [4.69, 9.17) is 0 Å². The van der Waals surface area contributed by atoms with E-state index in [1.165, 1.54) is 23.4 Å². The van der Waals surface area contributed by atoms with Gasteiger partial charge in [0.15, 0.2) is 5.78 Å². The van der Waals surface area contributed by atoms with Gasteiger partial charge in [-0.15, -0.1) is 11.3 Å². The number of amides is 1. The highest BCUT2D eigenvalue weighted by atomic mass is 32.2. The molecule has 168 valence electrons. The Hall–Kier alpha value is -2.62. The molecule has 7 nitrogen and oxygen atoms in total. The van der Waals surface area contributed by atoms with E-state index in [0.717, 1.165) is 28.1 Å². The molecule has 2 heterocycles. The number of aromatic nitrogens is 1. The van der Waals surface area contributed by atoms with Gasteiger partial charge in [-0.05, 0) is 44.0 Å². The van der Waals surface area contributed by atoms with Crippen molar-refractivity contribution in [2.45, 2.75) is 31.1 Å². The van der Waals surface area contributed by atoms with Gasteiger partial charge in [-0.1, -0.05) is 24.3 Å². The number of piperazine rings is 1. The van der Waals surface area contributed by atoms with Crippen LogP contribution in [0.15, 0.2) is 53.4 Å². The molecule has 0 unspecified atom stereocenters. The van der Waals surface area contributed by atoms with E-state index in [2.05, 4.69) is 4.98 Å². The largest absolute Gasteiger partial charge is 0.340 e. The highest BCUT2D eigenvalue weighted by Crippen LogP contribution is 2.23. The third-order valence-electron chi connectivity index (χ3n) is 5.59. The Morgan fingerprint density at radius 1 is 1.03 bits per heavy atom. The zero-order valence-electron chi connectivity index (χ0n) is 17.9. The predicted molar refractivity (Wildman–Crippen MR) is 124 cm³/mol. The summed E-state index contributed by atoms with van der Waals surface area (Å²) in [6, 6.07) is 14.1. The van der Waals surface area contributed by atoms with E-state index in [1.807, 2.05) is 24.3 Å². The first-order valence-corrected chi connectivity index (χ1v) is 12.8. The molecule has 32 heavy (non-hydrogen) atoms. The maximum Gasteiger partial charge on any atom is 0.243 e. The second kappa shape index (κ2) is 9.48. The average Bonchev–Trinajstić information content (AvgIpc) is 3.22. The number of fused-ring (bicyclic) bond motifs is 1. The number of aryl methyl sites for hydroxylation is 1. The van der Waals surface area contributed by atoms with Crippen molar-refractivity contribution in [3.05, 3.63) is 59.1 Å². The zero-order chi connectivity index (χ0) is 22.7. The summed E-state index contributed by atoms with van der Waals surface area (Å²) in [6.45, 7) is 2.64. The summed E-state index contributed by atoms with van der Waals surface area (Å²) >= 11 is 1.66. The van der Waals surface area contributed by atoms with Crippen molar-refractivity contribution in [1.29, 1.82) is 0 Å². The number of rotatable bonds is 7. The second-order valence-electron chi connectivity index (χ2n) is 7.80. The molecule has 0 spiro atoms. The molecule has 1 aromatic heterocycles. The number of para-hydroxylation sites is 1. The standard InChI is InChI=1S/C23H25N3O4S2/c1-17(27)18-6-4-7-19(16-18)32(29,30)26-14-12-25(13-15-26)23(28)11-5-10-22-24-20-8-2-3-9-21(20)31-22/h2-4,6-9,16H,5,10-15H2,1H3. The first kappa shape index (κ1) is 22.6. The number of Topliss-reactive ketones (excluding diaryl/α,β-unsaturated/α-hetero) is 1. The fourth-order valence-corrected chi connectivity index (χ4v) is 6.26. The molecule has 1 fully saturated rings. The van der Waals surface area contributed by atoms with E-state index in [1.54, 1.807) is 28.4 Å². The topological polar surface area (TPSA) is 87.7 Å². The Labute approximate surface area is 191 Å². The van der Waals surface area contributed by atoms with Gasteiger partial charge in [0, 0.05) is 38.2 Å². The van der Waals surface area contributed by atoms with Crippen LogP contribution in [0.3, 0.4) is 0 Å². The normalized spacial score (nSPS) is 15.2. The Bertz CT molecular complexity index is 1210. The van der Waals surface area contributed by atoms with E-state index in [-0.39, 0.29) is 29.7 Å². The Morgan fingerprint density at radius 3 is 2.50 bits per heavy atom. The molecular weight excluding hydrogens is 446 g/mol. The molecular formula is C23H25N3O4S2. The van der Waals surface area contributed by atoms with E-state index in [9.17, 15) is 18.0 Å². The van der Waals surface area contributed by atoms with Crippen LogP contribution in [0.25, 0.3) is 10.2 Å². The molecule has 2 aromatic carbocycles. The number of nitrogens with zero attached hydrogens (tertiary/aromatic N) is 3. The number of carbonyl (C=O) groups excluding carboxylic acids is 2. The summed E-state index contributed by atoms with van der Waals surface area (Å²) in [5, 5.41) is 1.03. The lowest BCUT2D eigenvalue weighted by molar-refractivity contribution is -0.132. The number of ketones is 1. The van der Waals surface area contributed by atoms with Crippen LogP contribution in [0.5, 0.6) is 0 Å². The van der Waals surface area contributed by atoms with Gasteiger partial charge >= 0.3 is 0 Å². The lowest BCUT2D eigenvalue weighted by Gasteiger charge is -2.34. The summed E-state index contributed by atoms with van der Waals surface area (Å²) in [6.07, 6.45) is 1.89. The molecule has 0 atom stereocenters. The maximum atomic E-state index is 12.9. The van der Waals surface area contributed by atoms with Crippen LogP contribution < -0.4 is 0 Å². The second-order valence-corrected chi connectivity index (χ2v) is 10.9. The van der Waals surface area contributed by atoms with Crippen molar-refractivity contribution in [2.75, 3.05) is 26.2 Å². The maximum absolute atomic E-state index is 12.9. The van der Waals surface area contributed by atoms with E-state index < -0.39 is 10.0 Å². The molecule has 0 bridgehead atoms.